The van der Waals surface area contributed by atoms with Gasteiger partial charge in [-0.2, -0.15) is 0 Å². The molecule has 1 aromatic carbocycles. The van der Waals surface area contributed by atoms with Crippen LogP contribution in [0.3, 0.4) is 0 Å². The second-order valence-corrected chi connectivity index (χ2v) is 6.95. The summed E-state index contributed by atoms with van der Waals surface area (Å²) < 4.78 is 5.34. The van der Waals surface area contributed by atoms with Gasteiger partial charge in [0.2, 0.25) is 11.9 Å². The Kier molecular flexibility index (Phi) is 6.13. The average Bonchev–Trinajstić information content (AvgIpc) is 2.70. The minimum Gasteiger partial charge on any atom is -0.495 e. The number of hydrogen-bond acceptors (Lipinski definition) is 6. The molecular weight excluding hydrogens is 366 g/mol. The Morgan fingerprint density at radius 3 is 2.52 bits per heavy atom. The number of carbonyl (C=O) groups is 1. The van der Waals surface area contributed by atoms with Gasteiger partial charge in [-0.15, -0.1) is 0 Å². The van der Waals surface area contributed by atoms with Gasteiger partial charge in [-0.05, 0) is 31.5 Å². The Morgan fingerprint density at radius 2 is 1.89 bits per heavy atom. The zero-order valence-electron chi connectivity index (χ0n) is 15.8. The van der Waals surface area contributed by atoms with Crippen LogP contribution in [0, 0.1) is 6.92 Å². The van der Waals surface area contributed by atoms with Crippen LogP contribution in [0.15, 0.2) is 30.6 Å². The standard InChI is InChI=1S/C19H24ClN5O2/c1-13-11-16(17(27-3)12-15(13)20)23-18(26)14(2)24-7-9-25(10-8-24)19-21-5-4-6-22-19/h4-6,11-12,14H,7-10H2,1-3H3,(H,23,26)/t14-/m1/s1. The number of nitrogens with one attached hydrogen (secondary N) is 1. The topological polar surface area (TPSA) is 70.6 Å². The highest BCUT2D eigenvalue weighted by Crippen LogP contribution is 2.31. The van der Waals surface area contributed by atoms with Crippen molar-refractivity contribution >= 4 is 29.1 Å². The molecule has 1 amide bonds. The summed E-state index contributed by atoms with van der Waals surface area (Å²) in [6.45, 7) is 6.91. The summed E-state index contributed by atoms with van der Waals surface area (Å²) in [7, 11) is 1.56. The Bertz CT molecular complexity index is 794. The van der Waals surface area contributed by atoms with Gasteiger partial charge in [0.15, 0.2) is 0 Å². The molecular formula is C19H24ClN5O2. The monoisotopic (exact) mass is 389 g/mol. The molecule has 0 aliphatic carbocycles. The lowest BCUT2D eigenvalue weighted by Gasteiger charge is -2.37. The molecule has 1 fully saturated rings. The molecule has 2 heterocycles. The first-order valence-electron chi connectivity index (χ1n) is 8.90. The number of piperazine rings is 1. The number of aromatic nitrogens is 2. The van der Waals surface area contributed by atoms with Crippen molar-refractivity contribution in [3.8, 4) is 5.75 Å². The summed E-state index contributed by atoms with van der Waals surface area (Å²) >= 11 is 6.13. The largest absolute Gasteiger partial charge is 0.495 e. The molecule has 0 unspecified atom stereocenters. The van der Waals surface area contributed by atoms with Gasteiger partial charge in [0, 0.05) is 49.7 Å². The quantitative estimate of drug-likeness (QED) is 0.847. The Morgan fingerprint density at radius 1 is 1.22 bits per heavy atom. The smallest absolute Gasteiger partial charge is 0.241 e. The number of rotatable bonds is 5. The van der Waals surface area contributed by atoms with E-state index >= 15 is 0 Å². The van der Waals surface area contributed by atoms with Crippen molar-refractivity contribution < 1.29 is 9.53 Å². The van der Waals surface area contributed by atoms with E-state index < -0.39 is 0 Å². The Balaban J connectivity index is 1.61. The summed E-state index contributed by atoms with van der Waals surface area (Å²) in [4.78, 5) is 25.6. The van der Waals surface area contributed by atoms with Gasteiger partial charge in [-0.25, -0.2) is 9.97 Å². The number of halogens is 1. The fourth-order valence-electron chi connectivity index (χ4n) is 3.10. The normalized spacial score (nSPS) is 16.1. The van der Waals surface area contributed by atoms with Gasteiger partial charge in [-0.1, -0.05) is 11.6 Å². The lowest BCUT2D eigenvalue weighted by molar-refractivity contribution is -0.120. The van der Waals surface area contributed by atoms with Gasteiger partial charge in [0.1, 0.15) is 5.75 Å². The molecule has 0 radical (unpaired) electrons. The molecule has 1 aliphatic rings. The first-order chi connectivity index (χ1) is 13.0. The van der Waals surface area contributed by atoms with Crippen LogP contribution in [0.1, 0.15) is 12.5 Å². The maximum atomic E-state index is 12.7. The third-order valence-corrected chi connectivity index (χ3v) is 5.22. The van der Waals surface area contributed by atoms with E-state index in [1.54, 1.807) is 31.6 Å². The van der Waals surface area contributed by atoms with Crippen LogP contribution in [-0.4, -0.2) is 60.1 Å². The van der Waals surface area contributed by atoms with E-state index in [1.165, 1.54) is 0 Å². The second kappa shape index (κ2) is 8.54. The highest BCUT2D eigenvalue weighted by atomic mass is 35.5. The molecule has 1 aliphatic heterocycles. The van der Waals surface area contributed by atoms with E-state index in [1.807, 2.05) is 19.9 Å². The first-order valence-corrected chi connectivity index (χ1v) is 9.28. The lowest BCUT2D eigenvalue weighted by Crippen LogP contribution is -2.53. The van der Waals surface area contributed by atoms with E-state index in [4.69, 9.17) is 16.3 Å². The predicted octanol–water partition coefficient (Wildman–Crippen LogP) is 2.60. The lowest BCUT2D eigenvalue weighted by atomic mass is 10.1. The number of hydrogen-bond donors (Lipinski definition) is 1. The number of aryl methyl sites for hydroxylation is 1. The van der Waals surface area contributed by atoms with E-state index in [9.17, 15) is 4.79 Å². The summed E-state index contributed by atoms with van der Waals surface area (Å²) in [5.74, 6) is 1.22. The highest BCUT2D eigenvalue weighted by molar-refractivity contribution is 6.31. The fraction of sp³-hybridized carbons (Fsp3) is 0.421. The van der Waals surface area contributed by atoms with Gasteiger partial charge in [-0.3, -0.25) is 9.69 Å². The number of benzene rings is 1. The maximum absolute atomic E-state index is 12.7. The van der Waals surface area contributed by atoms with E-state index in [-0.39, 0.29) is 11.9 Å². The number of ether oxygens (including phenoxy) is 1. The summed E-state index contributed by atoms with van der Waals surface area (Å²) in [5, 5.41) is 3.58. The predicted molar refractivity (Wildman–Crippen MR) is 107 cm³/mol. The SMILES string of the molecule is COc1cc(Cl)c(C)cc1NC(=O)[C@@H](C)N1CCN(c2ncccn2)CC1. The van der Waals surface area contributed by atoms with Gasteiger partial charge < -0.3 is 15.0 Å². The number of carbonyl (C=O) groups excluding carboxylic acids is 1. The molecule has 0 bridgehead atoms. The van der Waals surface area contributed by atoms with Crippen LogP contribution in [0.5, 0.6) is 5.75 Å². The number of anilines is 2. The summed E-state index contributed by atoms with van der Waals surface area (Å²) in [6, 6.07) is 5.09. The van der Waals surface area contributed by atoms with Crippen molar-refractivity contribution in [3.05, 3.63) is 41.2 Å². The molecule has 1 aromatic heterocycles. The van der Waals surface area contributed by atoms with Crippen molar-refractivity contribution in [2.24, 2.45) is 0 Å². The van der Waals surface area contributed by atoms with Crippen LogP contribution >= 0.6 is 11.6 Å². The van der Waals surface area contributed by atoms with Crippen molar-refractivity contribution in [1.29, 1.82) is 0 Å². The summed E-state index contributed by atoms with van der Waals surface area (Å²) in [6.07, 6.45) is 3.48. The third-order valence-electron chi connectivity index (χ3n) is 4.82. The fourth-order valence-corrected chi connectivity index (χ4v) is 3.25. The van der Waals surface area contributed by atoms with Crippen molar-refractivity contribution in [2.45, 2.75) is 19.9 Å². The van der Waals surface area contributed by atoms with E-state index in [2.05, 4.69) is 25.1 Å². The number of amides is 1. The van der Waals surface area contributed by atoms with Crippen LogP contribution in [0.4, 0.5) is 11.6 Å². The van der Waals surface area contributed by atoms with Crippen LogP contribution in [0.25, 0.3) is 0 Å². The maximum Gasteiger partial charge on any atom is 0.241 e. The zero-order chi connectivity index (χ0) is 19.4. The zero-order valence-corrected chi connectivity index (χ0v) is 16.5. The van der Waals surface area contributed by atoms with Crippen molar-refractivity contribution in [3.63, 3.8) is 0 Å². The second-order valence-electron chi connectivity index (χ2n) is 6.54. The average molecular weight is 390 g/mol. The van der Waals surface area contributed by atoms with Crippen molar-refractivity contribution in [2.75, 3.05) is 43.5 Å². The number of methoxy groups -OCH3 is 1. The van der Waals surface area contributed by atoms with Crippen LogP contribution in [-0.2, 0) is 4.79 Å². The molecule has 1 atom stereocenters. The summed E-state index contributed by atoms with van der Waals surface area (Å²) in [5.41, 5.74) is 1.52. The minimum absolute atomic E-state index is 0.0700. The van der Waals surface area contributed by atoms with Gasteiger partial charge >= 0.3 is 0 Å². The first kappa shape index (κ1) is 19.4. The minimum atomic E-state index is -0.260. The molecule has 2 aromatic rings. The van der Waals surface area contributed by atoms with Gasteiger partial charge in [0.25, 0.3) is 0 Å². The Labute approximate surface area is 164 Å². The molecule has 7 nitrogen and oxygen atoms in total. The van der Waals surface area contributed by atoms with Gasteiger partial charge in [0.05, 0.1) is 18.8 Å². The molecule has 1 N–H and O–H groups in total. The van der Waals surface area contributed by atoms with E-state index in [0.29, 0.717) is 16.5 Å². The number of nitrogens with zero attached hydrogens (tertiary/aromatic N) is 4. The van der Waals surface area contributed by atoms with E-state index in [0.717, 1.165) is 37.7 Å². The molecule has 0 spiro atoms. The van der Waals surface area contributed by atoms with Crippen LogP contribution in [0.2, 0.25) is 5.02 Å². The molecule has 27 heavy (non-hydrogen) atoms. The molecule has 0 saturated carbocycles. The molecule has 144 valence electrons. The highest BCUT2D eigenvalue weighted by Gasteiger charge is 2.27. The Hall–Kier alpha value is -2.38. The molecule has 1 saturated heterocycles. The van der Waals surface area contributed by atoms with Crippen LogP contribution < -0.4 is 15.0 Å². The molecule has 8 heteroatoms. The third kappa shape index (κ3) is 4.48. The van der Waals surface area contributed by atoms with Crippen molar-refractivity contribution in [1.82, 2.24) is 14.9 Å². The molecule has 3 rings (SSSR count).